The normalized spacial score (nSPS) is 11.0. The number of carbonyl (C=O) groups is 1. The largest absolute Gasteiger partial charge is 0.451 e. The van der Waals surface area contributed by atoms with E-state index in [0.717, 1.165) is 27.8 Å². The van der Waals surface area contributed by atoms with Crippen molar-refractivity contribution in [1.82, 2.24) is 10.3 Å². The first-order valence-corrected chi connectivity index (χ1v) is 9.10. The van der Waals surface area contributed by atoms with Crippen molar-refractivity contribution in [3.8, 4) is 11.3 Å². The Bertz CT molecular complexity index is 1320. The Morgan fingerprint density at radius 2 is 1.69 bits per heavy atom. The molecule has 0 aliphatic carbocycles. The number of aryl methyl sites for hydroxylation is 4. The van der Waals surface area contributed by atoms with Crippen LogP contribution in [0.25, 0.3) is 22.2 Å². The lowest BCUT2D eigenvalue weighted by Gasteiger charge is -2.07. The minimum absolute atomic E-state index is 0.110. The first-order valence-electron chi connectivity index (χ1n) is 9.10. The zero-order valence-electron chi connectivity index (χ0n) is 16.5. The summed E-state index contributed by atoms with van der Waals surface area (Å²) in [6.07, 6.45) is 0. The number of aromatic nitrogens is 2. The van der Waals surface area contributed by atoms with Crippen LogP contribution in [0.5, 0.6) is 0 Å². The van der Waals surface area contributed by atoms with E-state index in [2.05, 4.69) is 15.6 Å². The molecule has 146 valence electrons. The highest BCUT2D eigenvalue weighted by molar-refractivity contribution is 6.04. The molecule has 0 atom stereocenters. The van der Waals surface area contributed by atoms with Crippen molar-refractivity contribution >= 4 is 22.7 Å². The summed E-state index contributed by atoms with van der Waals surface area (Å²) in [7, 11) is 0. The van der Waals surface area contributed by atoms with Crippen LogP contribution in [0.15, 0.2) is 50.2 Å². The quantitative estimate of drug-likeness (QED) is 0.560. The molecule has 7 nitrogen and oxygen atoms in total. The van der Waals surface area contributed by atoms with Gasteiger partial charge in [-0.3, -0.25) is 14.9 Å². The molecule has 0 saturated heterocycles. The highest BCUT2D eigenvalue weighted by atomic mass is 16.6. The summed E-state index contributed by atoms with van der Waals surface area (Å²) in [4.78, 5) is 25.2. The van der Waals surface area contributed by atoms with Crippen LogP contribution in [-0.2, 0) is 0 Å². The molecule has 2 heterocycles. The van der Waals surface area contributed by atoms with E-state index in [1.807, 2.05) is 45.9 Å². The molecule has 0 aliphatic heterocycles. The fourth-order valence-corrected chi connectivity index (χ4v) is 3.13. The average Bonchev–Trinajstić information content (AvgIpc) is 3.13. The summed E-state index contributed by atoms with van der Waals surface area (Å²) in [5.74, 6) is -0.559. The number of rotatable bonds is 3. The number of carbonyl (C=O) groups excluding carboxylic acids is 1. The molecule has 1 amide bonds. The predicted octanol–water partition coefficient (Wildman–Crippen LogP) is 4.33. The van der Waals surface area contributed by atoms with Crippen LogP contribution in [0.2, 0.25) is 0 Å². The van der Waals surface area contributed by atoms with Gasteiger partial charge in [0.05, 0.1) is 5.39 Å². The Labute approximate surface area is 166 Å². The lowest BCUT2D eigenvalue weighted by atomic mass is 10.0. The molecule has 1 N–H and O–H groups in total. The summed E-state index contributed by atoms with van der Waals surface area (Å²) in [6.45, 7) is 7.73. The second-order valence-corrected chi connectivity index (χ2v) is 7.14. The highest BCUT2D eigenvalue weighted by Crippen LogP contribution is 2.28. The third kappa shape index (κ3) is 3.42. The van der Waals surface area contributed by atoms with Crippen LogP contribution in [0, 0.1) is 27.7 Å². The van der Waals surface area contributed by atoms with Crippen molar-refractivity contribution in [1.29, 1.82) is 0 Å². The molecule has 0 spiro atoms. The zero-order valence-corrected chi connectivity index (χ0v) is 16.5. The SMILES string of the molecule is Cc1ccc(C)c(-c2nonc2NC(=O)c2cc(=O)c3cc(C)c(C)cc3o2)c1. The summed E-state index contributed by atoms with van der Waals surface area (Å²) in [5, 5.41) is 10.8. The van der Waals surface area contributed by atoms with Crippen LogP contribution in [0.1, 0.15) is 32.8 Å². The molecule has 4 rings (SSSR count). The Hall–Kier alpha value is -3.74. The summed E-state index contributed by atoms with van der Waals surface area (Å²) >= 11 is 0. The van der Waals surface area contributed by atoms with Gasteiger partial charge in [-0.15, -0.1) is 0 Å². The van der Waals surface area contributed by atoms with Crippen LogP contribution in [-0.4, -0.2) is 16.2 Å². The Morgan fingerprint density at radius 3 is 2.48 bits per heavy atom. The first-order chi connectivity index (χ1) is 13.8. The summed E-state index contributed by atoms with van der Waals surface area (Å²) in [6, 6.07) is 10.6. The highest BCUT2D eigenvalue weighted by Gasteiger charge is 2.20. The standard InChI is InChI=1S/C22H19N3O4/c1-11-5-6-12(2)15(7-11)20-21(25-29-24-20)23-22(27)19-10-17(26)16-8-13(3)14(4)9-18(16)28-19/h5-10H,1-4H3,(H,23,25,27). The number of hydrogen-bond donors (Lipinski definition) is 1. The number of anilines is 1. The van der Waals surface area contributed by atoms with E-state index >= 15 is 0 Å². The fourth-order valence-electron chi connectivity index (χ4n) is 3.13. The number of amides is 1. The number of fused-ring (bicyclic) bond motifs is 1. The maximum atomic E-state index is 12.7. The van der Waals surface area contributed by atoms with Gasteiger partial charge in [-0.2, -0.15) is 0 Å². The number of nitrogens with zero attached hydrogens (tertiary/aromatic N) is 2. The Morgan fingerprint density at radius 1 is 0.931 bits per heavy atom. The van der Waals surface area contributed by atoms with Crippen molar-refractivity contribution < 1.29 is 13.8 Å². The molecule has 2 aromatic heterocycles. The molecular formula is C22H19N3O4. The summed E-state index contributed by atoms with van der Waals surface area (Å²) in [5.41, 5.74) is 5.24. The molecule has 2 aromatic carbocycles. The third-order valence-corrected chi connectivity index (χ3v) is 4.94. The van der Waals surface area contributed by atoms with Crippen LogP contribution in [0.4, 0.5) is 5.82 Å². The molecule has 29 heavy (non-hydrogen) atoms. The number of hydrogen-bond acceptors (Lipinski definition) is 6. The molecular weight excluding hydrogens is 370 g/mol. The topological polar surface area (TPSA) is 98.2 Å². The van der Waals surface area contributed by atoms with Crippen molar-refractivity contribution in [2.24, 2.45) is 0 Å². The van der Waals surface area contributed by atoms with Gasteiger partial charge in [0, 0.05) is 11.6 Å². The Balaban J connectivity index is 1.71. The lowest BCUT2D eigenvalue weighted by Crippen LogP contribution is -2.16. The second-order valence-electron chi connectivity index (χ2n) is 7.14. The van der Waals surface area contributed by atoms with Gasteiger partial charge >= 0.3 is 0 Å². The molecule has 0 fully saturated rings. The van der Waals surface area contributed by atoms with Gasteiger partial charge in [0.25, 0.3) is 5.91 Å². The number of benzene rings is 2. The van der Waals surface area contributed by atoms with Crippen molar-refractivity contribution in [3.05, 3.63) is 74.6 Å². The molecule has 0 saturated carbocycles. The van der Waals surface area contributed by atoms with Crippen molar-refractivity contribution in [3.63, 3.8) is 0 Å². The van der Waals surface area contributed by atoms with Gasteiger partial charge in [0.1, 0.15) is 5.58 Å². The predicted molar refractivity (Wildman–Crippen MR) is 109 cm³/mol. The molecule has 0 unspecified atom stereocenters. The van der Waals surface area contributed by atoms with E-state index in [0.29, 0.717) is 16.7 Å². The summed E-state index contributed by atoms with van der Waals surface area (Å²) < 4.78 is 10.5. The third-order valence-electron chi connectivity index (χ3n) is 4.94. The average molecular weight is 389 g/mol. The lowest BCUT2D eigenvalue weighted by molar-refractivity contribution is 0.0996. The van der Waals surface area contributed by atoms with Crippen molar-refractivity contribution in [2.45, 2.75) is 27.7 Å². The molecule has 0 radical (unpaired) electrons. The second kappa shape index (κ2) is 7.01. The van der Waals surface area contributed by atoms with Gasteiger partial charge in [0.2, 0.25) is 5.82 Å². The molecule has 0 bridgehead atoms. The van der Waals surface area contributed by atoms with Crippen LogP contribution in [0.3, 0.4) is 0 Å². The van der Waals surface area contributed by atoms with E-state index in [1.165, 1.54) is 6.07 Å². The van der Waals surface area contributed by atoms with E-state index in [1.54, 1.807) is 12.1 Å². The van der Waals surface area contributed by atoms with Crippen LogP contribution >= 0.6 is 0 Å². The van der Waals surface area contributed by atoms with E-state index in [4.69, 9.17) is 9.05 Å². The maximum absolute atomic E-state index is 12.7. The minimum Gasteiger partial charge on any atom is -0.451 e. The van der Waals surface area contributed by atoms with E-state index in [9.17, 15) is 9.59 Å². The molecule has 0 aliphatic rings. The van der Waals surface area contributed by atoms with Crippen LogP contribution < -0.4 is 10.7 Å². The monoisotopic (exact) mass is 389 g/mol. The molecule has 7 heteroatoms. The molecule has 4 aromatic rings. The van der Waals surface area contributed by atoms with E-state index < -0.39 is 5.91 Å². The van der Waals surface area contributed by atoms with Crippen molar-refractivity contribution in [2.75, 3.05) is 5.32 Å². The van der Waals surface area contributed by atoms with Gasteiger partial charge in [0.15, 0.2) is 16.9 Å². The zero-order chi connectivity index (χ0) is 20.7. The minimum atomic E-state index is -0.607. The maximum Gasteiger partial charge on any atom is 0.292 e. The Kier molecular flexibility index (Phi) is 4.50. The van der Waals surface area contributed by atoms with Gasteiger partial charge in [-0.05, 0) is 72.9 Å². The van der Waals surface area contributed by atoms with Gasteiger partial charge < -0.3 is 4.42 Å². The van der Waals surface area contributed by atoms with Gasteiger partial charge in [-0.25, -0.2) is 4.63 Å². The first kappa shape index (κ1) is 18.6. The number of nitrogens with one attached hydrogen (secondary N) is 1. The van der Waals surface area contributed by atoms with Gasteiger partial charge in [-0.1, -0.05) is 17.7 Å². The smallest absolute Gasteiger partial charge is 0.292 e. The fraction of sp³-hybridized carbons (Fsp3) is 0.182. The van der Waals surface area contributed by atoms with E-state index in [-0.39, 0.29) is 17.0 Å².